The highest BCUT2D eigenvalue weighted by Gasteiger charge is 2.31. The van der Waals surface area contributed by atoms with E-state index in [1.807, 2.05) is 19.9 Å². The zero-order chi connectivity index (χ0) is 12.3. The Morgan fingerprint density at radius 2 is 2.41 bits per heavy atom. The molecule has 1 fully saturated rings. The molecule has 5 nitrogen and oxygen atoms in total. The third-order valence-corrected chi connectivity index (χ3v) is 2.74. The van der Waals surface area contributed by atoms with Crippen molar-refractivity contribution in [1.29, 1.82) is 0 Å². The third kappa shape index (κ3) is 3.56. The Kier molecular flexibility index (Phi) is 3.78. The Morgan fingerprint density at radius 3 is 2.94 bits per heavy atom. The van der Waals surface area contributed by atoms with Crippen molar-refractivity contribution < 1.29 is 14.1 Å². The van der Waals surface area contributed by atoms with Crippen molar-refractivity contribution >= 4 is 5.97 Å². The molecule has 0 atom stereocenters. The van der Waals surface area contributed by atoms with E-state index in [0.29, 0.717) is 25.7 Å². The van der Waals surface area contributed by atoms with Crippen LogP contribution in [-0.2, 0) is 16.1 Å². The van der Waals surface area contributed by atoms with E-state index >= 15 is 0 Å². The van der Waals surface area contributed by atoms with Gasteiger partial charge in [0, 0.05) is 12.1 Å². The fraction of sp³-hybridized carbons (Fsp3) is 0.667. The molecule has 17 heavy (non-hydrogen) atoms. The molecular formula is C12H18N2O3. The number of aromatic nitrogens is 1. The minimum atomic E-state index is -0.171. The van der Waals surface area contributed by atoms with E-state index < -0.39 is 0 Å². The zero-order valence-corrected chi connectivity index (χ0v) is 10.3. The first-order valence-corrected chi connectivity index (χ1v) is 6.01. The summed E-state index contributed by atoms with van der Waals surface area (Å²) in [5.74, 6) is 0.634. The Morgan fingerprint density at radius 1 is 1.65 bits per heavy atom. The lowest BCUT2D eigenvalue weighted by Crippen LogP contribution is -2.32. The summed E-state index contributed by atoms with van der Waals surface area (Å²) in [6.07, 6.45) is 2.29. The predicted octanol–water partition coefficient (Wildman–Crippen LogP) is 1.51. The van der Waals surface area contributed by atoms with Crippen LogP contribution in [0.25, 0.3) is 0 Å². The van der Waals surface area contributed by atoms with Crippen LogP contribution in [0.3, 0.4) is 0 Å². The van der Waals surface area contributed by atoms with Crippen LogP contribution in [0.5, 0.6) is 0 Å². The van der Waals surface area contributed by atoms with Crippen molar-refractivity contribution in [2.24, 2.45) is 0 Å². The van der Waals surface area contributed by atoms with Crippen LogP contribution in [0.15, 0.2) is 10.6 Å². The molecule has 94 valence electrons. The first-order valence-electron chi connectivity index (χ1n) is 6.01. The van der Waals surface area contributed by atoms with Crippen molar-refractivity contribution in [3.05, 3.63) is 17.5 Å². The fourth-order valence-corrected chi connectivity index (χ4v) is 1.82. The number of esters is 1. The van der Waals surface area contributed by atoms with Gasteiger partial charge in [-0.1, -0.05) is 5.16 Å². The van der Waals surface area contributed by atoms with Crippen LogP contribution in [0.4, 0.5) is 0 Å². The van der Waals surface area contributed by atoms with Gasteiger partial charge in [-0.3, -0.25) is 9.69 Å². The van der Waals surface area contributed by atoms with Gasteiger partial charge in [0.15, 0.2) is 5.76 Å². The van der Waals surface area contributed by atoms with Crippen molar-refractivity contribution in [3.63, 3.8) is 0 Å². The van der Waals surface area contributed by atoms with Gasteiger partial charge >= 0.3 is 5.97 Å². The topological polar surface area (TPSA) is 55.6 Å². The van der Waals surface area contributed by atoms with E-state index in [1.54, 1.807) is 0 Å². The highest BCUT2D eigenvalue weighted by Crippen LogP contribution is 2.28. The Balaban J connectivity index is 1.91. The van der Waals surface area contributed by atoms with Crippen molar-refractivity contribution in [3.8, 4) is 0 Å². The molecule has 0 amide bonds. The van der Waals surface area contributed by atoms with Crippen LogP contribution in [-0.4, -0.2) is 35.2 Å². The fourth-order valence-electron chi connectivity index (χ4n) is 1.82. The predicted molar refractivity (Wildman–Crippen MR) is 61.3 cm³/mol. The molecule has 1 saturated carbocycles. The van der Waals surface area contributed by atoms with E-state index in [4.69, 9.17) is 9.26 Å². The Bertz CT molecular complexity index is 385. The number of hydrogen-bond donors (Lipinski definition) is 0. The second-order valence-corrected chi connectivity index (χ2v) is 4.38. The summed E-state index contributed by atoms with van der Waals surface area (Å²) in [5.41, 5.74) is 0.867. The molecule has 5 heteroatoms. The van der Waals surface area contributed by atoms with Crippen molar-refractivity contribution in [1.82, 2.24) is 10.1 Å². The minimum absolute atomic E-state index is 0.171. The number of carbonyl (C=O) groups excluding carboxylic acids is 1. The number of aryl methyl sites for hydroxylation is 1. The van der Waals surface area contributed by atoms with E-state index in [9.17, 15) is 4.79 Å². The summed E-state index contributed by atoms with van der Waals surface area (Å²) in [6.45, 7) is 5.10. The molecule has 0 aromatic carbocycles. The molecule has 0 saturated heterocycles. The van der Waals surface area contributed by atoms with Crippen LogP contribution < -0.4 is 0 Å². The number of hydrogen-bond acceptors (Lipinski definition) is 5. The standard InChI is InChI=1S/C12H18N2O3/c1-3-16-12(15)8-14(10-4-5-10)7-11-6-9(2)13-17-11/h6,10H,3-5,7-8H2,1-2H3. The largest absolute Gasteiger partial charge is 0.465 e. The van der Waals surface area contributed by atoms with Gasteiger partial charge in [0.1, 0.15) is 0 Å². The third-order valence-electron chi connectivity index (χ3n) is 2.74. The highest BCUT2D eigenvalue weighted by atomic mass is 16.5. The first-order chi connectivity index (χ1) is 8.19. The number of rotatable bonds is 6. The van der Waals surface area contributed by atoms with Gasteiger partial charge in [-0.2, -0.15) is 0 Å². The smallest absolute Gasteiger partial charge is 0.320 e. The summed E-state index contributed by atoms with van der Waals surface area (Å²) in [5, 5.41) is 3.85. The van der Waals surface area contributed by atoms with Crippen molar-refractivity contribution in [2.45, 2.75) is 39.3 Å². The lowest BCUT2D eigenvalue weighted by atomic mass is 10.3. The lowest BCUT2D eigenvalue weighted by Gasteiger charge is -2.18. The van der Waals surface area contributed by atoms with E-state index in [0.717, 1.165) is 24.3 Å². The highest BCUT2D eigenvalue weighted by molar-refractivity contribution is 5.71. The van der Waals surface area contributed by atoms with Gasteiger partial charge in [0.25, 0.3) is 0 Å². The molecule has 0 N–H and O–H groups in total. The van der Waals surface area contributed by atoms with Gasteiger partial charge in [0.05, 0.1) is 25.4 Å². The van der Waals surface area contributed by atoms with E-state index in [2.05, 4.69) is 10.1 Å². The lowest BCUT2D eigenvalue weighted by molar-refractivity contribution is -0.144. The van der Waals surface area contributed by atoms with Crippen molar-refractivity contribution in [2.75, 3.05) is 13.2 Å². The van der Waals surface area contributed by atoms with Gasteiger partial charge in [-0.15, -0.1) is 0 Å². The molecule has 0 spiro atoms. The van der Waals surface area contributed by atoms with Crippen LogP contribution in [0.1, 0.15) is 31.2 Å². The van der Waals surface area contributed by atoms with Crippen LogP contribution >= 0.6 is 0 Å². The molecule has 0 unspecified atom stereocenters. The molecule has 1 aromatic heterocycles. The minimum Gasteiger partial charge on any atom is -0.465 e. The molecule has 2 rings (SSSR count). The van der Waals surface area contributed by atoms with E-state index in [-0.39, 0.29) is 5.97 Å². The molecule has 0 aliphatic heterocycles. The number of nitrogens with zero attached hydrogens (tertiary/aromatic N) is 2. The monoisotopic (exact) mass is 238 g/mol. The van der Waals surface area contributed by atoms with Gasteiger partial charge in [0.2, 0.25) is 0 Å². The molecular weight excluding hydrogens is 220 g/mol. The summed E-state index contributed by atoms with van der Waals surface area (Å²) in [4.78, 5) is 13.6. The molecule has 1 aliphatic carbocycles. The SMILES string of the molecule is CCOC(=O)CN(Cc1cc(C)no1)C1CC1. The van der Waals surface area contributed by atoms with Crippen LogP contribution in [0.2, 0.25) is 0 Å². The van der Waals surface area contributed by atoms with E-state index in [1.165, 1.54) is 0 Å². The average molecular weight is 238 g/mol. The molecule has 0 bridgehead atoms. The average Bonchev–Trinajstić information content (AvgIpc) is 3.03. The Hall–Kier alpha value is -1.36. The number of carbonyl (C=O) groups is 1. The maximum absolute atomic E-state index is 11.5. The maximum atomic E-state index is 11.5. The molecule has 1 heterocycles. The second-order valence-electron chi connectivity index (χ2n) is 4.38. The normalized spacial score (nSPS) is 15.2. The molecule has 1 aromatic rings. The Labute approximate surface area is 101 Å². The summed E-state index contributed by atoms with van der Waals surface area (Å²) in [7, 11) is 0. The van der Waals surface area contributed by atoms with Gasteiger partial charge in [-0.25, -0.2) is 0 Å². The van der Waals surface area contributed by atoms with Crippen LogP contribution in [0, 0.1) is 6.92 Å². The molecule has 1 aliphatic rings. The second kappa shape index (κ2) is 5.31. The number of ether oxygens (including phenoxy) is 1. The summed E-state index contributed by atoms with van der Waals surface area (Å²) < 4.78 is 10.1. The summed E-state index contributed by atoms with van der Waals surface area (Å²) >= 11 is 0. The van der Waals surface area contributed by atoms with Gasteiger partial charge < -0.3 is 9.26 Å². The zero-order valence-electron chi connectivity index (χ0n) is 10.3. The first kappa shape index (κ1) is 12.1. The maximum Gasteiger partial charge on any atom is 0.320 e. The summed E-state index contributed by atoms with van der Waals surface area (Å²) in [6, 6.07) is 2.39. The molecule has 0 radical (unpaired) electrons. The van der Waals surface area contributed by atoms with Gasteiger partial charge in [-0.05, 0) is 26.7 Å². The quantitative estimate of drug-likeness (QED) is 0.703.